The van der Waals surface area contributed by atoms with E-state index >= 15 is 0 Å². The van der Waals surface area contributed by atoms with Crippen molar-refractivity contribution in [1.29, 1.82) is 0 Å². The van der Waals surface area contributed by atoms with E-state index in [1.807, 2.05) is 17.8 Å². The number of rotatable bonds is 6. The van der Waals surface area contributed by atoms with E-state index in [2.05, 4.69) is 10.1 Å². The molecule has 0 aliphatic carbocycles. The number of aryl methyl sites for hydroxylation is 1. The Kier molecular flexibility index (Phi) is 5.84. The van der Waals surface area contributed by atoms with Gasteiger partial charge in [-0.3, -0.25) is 0 Å². The molecule has 0 amide bonds. The standard InChI is InChI=1S/C15H21F2NO2S/c1-11-3-2-4-12(13(11)20-14(16)17)9-18-10-15(19)5-7-21-8-6-15/h2-4,14,18-19H,5-10H2,1H3. The molecule has 3 nitrogen and oxygen atoms in total. The van der Waals surface area contributed by atoms with Crippen LogP contribution in [0.2, 0.25) is 0 Å². The second kappa shape index (κ2) is 7.42. The normalized spacial score (nSPS) is 18.0. The van der Waals surface area contributed by atoms with Crippen LogP contribution in [0.25, 0.3) is 0 Å². The second-order valence-electron chi connectivity index (χ2n) is 5.38. The van der Waals surface area contributed by atoms with Crippen molar-refractivity contribution in [3.8, 4) is 5.75 Å². The number of hydrogen-bond donors (Lipinski definition) is 2. The smallest absolute Gasteiger partial charge is 0.387 e. The van der Waals surface area contributed by atoms with Gasteiger partial charge in [-0.05, 0) is 36.8 Å². The number of hydrogen-bond acceptors (Lipinski definition) is 4. The number of para-hydroxylation sites is 1. The third kappa shape index (κ3) is 4.83. The van der Waals surface area contributed by atoms with Crippen LogP contribution in [0.15, 0.2) is 18.2 Å². The molecule has 2 N–H and O–H groups in total. The predicted octanol–water partition coefficient (Wildman–Crippen LogP) is 2.94. The predicted molar refractivity (Wildman–Crippen MR) is 81.0 cm³/mol. The average molecular weight is 317 g/mol. The molecule has 1 fully saturated rings. The monoisotopic (exact) mass is 317 g/mol. The third-order valence-electron chi connectivity index (χ3n) is 3.69. The molecule has 0 bridgehead atoms. The summed E-state index contributed by atoms with van der Waals surface area (Å²) in [7, 11) is 0. The van der Waals surface area contributed by atoms with Gasteiger partial charge in [0.25, 0.3) is 0 Å². The van der Waals surface area contributed by atoms with E-state index in [4.69, 9.17) is 0 Å². The zero-order valence-corrected chi connectivity index (χ0v) is 12.9. The Morgan fingerprint density at radius 2 is 2.10 bits per heavy atom. The number of benzene rings is 1. The summed E-state index contributed by atoms with van der Waals surface area (Å²) in [6, 6.07) is 5.32. The summed E-state index contributed by atoms with van der Waals surface area (Å²) in [5, 5.41) is 13.6. The molecule has 1 aromatic carbocycles. The summed E-state index contributed by atoms with van der Waals surface area (Å²) in [6.45, 7) is -0.216. The fraction of sp³-hybridized carbons (Fsp3) is 0.600. The summed E-state index contributed by atoms with van der Waals surface area (Å²) < 4.78 is 29.5. The summed E-state index contributed by atoms with van der Waals surface area (Å²) in [5.74, 6) is 2.15. The second-order valence-corrected chi connectivity index (χ2v) is 6.61. The molecule has 1 aliphatic heterocycles. The lowest BCUT2D eigenvalue weighted by Gasteiger charge is -2.32. The van der Waals surface area contributed by atoms with Crippen LogP contribution in [0.3, 0.4) is 0 Å². The minimum Gasteiger partial charge on any atom is -0.434 e. The van der Waals surface area contributed by atoms with Crippen LogP contribution in [0.5, 0.6) is 5.75 Å². The van der Waals surface area contributed by atoms with Crippen LogP contribution in [-0.2, 0) is 6.54 Å². The fourth-order valence-electron chi connectivity index (χ4n) is 2.47. The van der Waals surface area contributed by atoms with Crippen molar-refractivity contribution in [3.05, 3.63) is 29.3 Å². The lowest BCUT2D eigenvalue weighted by Crippen LogP contribution is -2.43. The molecule has 1 aliphatic rings. The van der Waals surface area contributed by atoms with Crippen LogP contribution >= 0.6 is 11.8 Å². The van der Waals surface area contributed by atoms with Crippen molar-refractivity contribution in [2.45, 2.75) is 38.5 Å². The number of aliphatic hydroxyl groups is 1. The van der Waals surface area contributed by atoms with E-state index in [-0.39, 0.29) is 5.75 Å². The van der Waals surface area contributed by atoms with Crippen molar-refractivity contribution in [1.82, 2.24) is 5.32 Å². The van der Waals surface area contributed by atoms with Gasteiger partial charge in [-0.25, -0.2) is 0 Å². The molecule has 0 atom stereocenters. The Labute approximate surface area is 128 Å². The molecular formula is C15H21F2NO2S. The number of nitrogens with one attached hydrogen (secondary N) is 1. The first-order valence-corrected chi connectivity index (χ1v) is 8.20. The molecule has 0 saturated carbocycles. The van der Waals surface area contributed by atoms with Gasteiger partial charge < -0.3 is 15.2 Å². The van der Waals surface area contributed by atoms with E-state index < -0.39 is 12.2 Å². The van der Waals surface area contributed by atoms with Gasteiger partial charge in [-0.1, -0.05) is 18.2 Å². The largest absolute Gasteiger partial charge is 0.434 e. The van der Waals surface area contributed by atoms with Crippen LogP contribution in [0, 0.1) is 6.92 Å². The number of ether oxygens (including phenoxy) is 1. The maximum atomic E-state index is 12.5. The van der Waals surface area contributed by atoms with E-state index in [0.29, 0.717) is 24.2 Å². The molecule has 1 aromatic rings. The maximum absolute atomic E-state index is 12.5. The first-order valence-electron chi connectivity index (χ1n) is 7.04. The Morgan fingerprint density at radius 3 is 2.76 bits per heavy atom. The summed E-state index contributed by atoms with van der Waals surface area (Å²) >= 11 is 1.85. The van der Waals surface area contributed by atoms with Gasteiger partial charge in [-0.15, -0.1) is 0 Å². The van der Waals surface area contributed by atoms with Crippen LogP contribution in [0.4, 0.5) is 8.78 Å². The molecule has 21 heavy (non-hydrogen) atoms. The van der Waals surface area contributed by atoms with Gasteiger partial charge in [0.15, 0.2) is 0 Å². The molecule has 1 heterocycles. The van der Waals surface area contributed by atoms with Crippen LogP contribution < -0.4 is 10.1 Å². The molecule has 0 aromatic heterocycles. The molecule has 0 radical (unpaired) electrons. The van der Waals surface area contributed by atoms with Crippen molar-refractivity contribution in [2.24, 2.45) is 0 Å². The molecule has 0 spiro atoms. The third-order valence-corrected chi connectivity index (χ3v) is 4.68. The van der Waals surface area contributed by atoms with Gasteiger partial charge in [-0.2, -0.15) is 20.5 Å². The van der Waals surface area contributed by atoms with Crippen molar-refractivity contribution >= 4 is 11.8 Å². The van der Waals surface area contributed by atoms with Crippen molar-refractivity contribution in [2.75, 3.05) is 18.1 Å². The highest BCUT2D eigenvalue weighted by molar-refractivity contribution is 7.99. The van der Waals surface area contributed by atoms with Crippen molar-refractivity contribution in [3.63, 3.8) is 0 Å². The van der Waals surface area contributed by atoms with Gasteiger partial charge in [0, 0.05) is 18.7 Å². The van der Waals surface area contributed by atoms with E-state index in [9.17, 15) is 13.9 Å². The molecule has 0 unspecified atom stereocenters. The zero-order chi connectivity index (χ0) is 15.3. The molecule has 6 heteroatoms. The van der Waals surface area contributed by atoms with E-state index in [1.54, 1.807) is 19.1 Å². The Balaban J connectivity index is 1.95. The lowest BCUT2D eigenvalue weighted by molar-refractivity contribution is -0.0510. The minimum absolute atomic E-state index is 0.228. The highest BCUT2D eigenvalue weighted by atomic mass is 32.2. The van der Waals surface area contributed by atoms with Gasteiger partial charge in [0.1, 0.15) is 5.75 Å². The lowest BCUT2D eigenvalue weighted by atomic mass is 9.97. The zero-order valence-electron chi connectivity index (χ0n) is 12.1. The number of thioether (sulfide) groups is 1. The Morgan fingerprint density at radius 1 is 1.38 bits per heavy atom. The fourth-order valence-corrected chi connectivity index (χ4v) is 3.72. The maximum Gasteiger partial charge on any atom is 0.387 e. The van der Waals surface area contributed by atoms with Crippen LogP contribution in [0.1, 0.15) is 24.0 Å². The molecular weight excluding hydrogens is 296 g/mol. The average Bonchev–Trinajstić information content (AvgIpc) is 2.43. The van der Waals surface area contributed by atoms with Gasteiger partial charge >= 0.3 is 6.61 Å². The first-order chi connectivity index (χ1) is 10.0. The van der Waals surface area contributed by atoms with E-state index in [0.717, 1.165) is 24.3 Å². The highest BCUT2D eigenvalue weighted by Crippen LogP contribution is 2.27. The summed E-state index contributed by atoms with van der Waals surface area (Å²) in [4.78, 5) is 0. The summed E-state index contributed by atoms with van der Waals surface area (Å²) in [5.41, 5.74) is 0.685. The van der Waals surface area contributed by atoms with Crippen molar-refractivity contribution < 1.29 is 18.6 Å². The number of alkyl halides is 2. The Hall–Kier alpha value is -0.850. The Bertz CT molecular complexity index is 465. The van der Waals surface area contributed by atoms with Gasteiger partial charge in [0.2, 0.25) is 0 Å². The van der Waals surface area contributed by atoms with Gasteiger partial charge in [0.05, 0.1) is 5.60 Å². The minimum atomic E-state index is -2.83. The highest BCUT2D eigenvalue weighted by Gasteiger charge is 2.28. The molecule has 118 valence electrons. The van der Waals surface area contributed by atoms with Crippen LogP contribution in [-0.4, -0.2) is 35.4 Å². The molecule has 1 saturated heterocycles. The summed E-state index contributed by atoms with van der Waals surface area (Å²) in [6.07, 6.45) is 1.53. The first kappa shape index (κ1) is 16.5. The van der Waals surface area contributed by atoms with E-state index in [1.165, 1.54) is 0 Å². The quantitative estimate of drug-likeness (QED) is 0.846. The SMILES string of the molecule is Cc1cccc(CNCC2(O)CCSCC2)c1OC(F)F. The molecule has 2 rings (SSSR count). The topological polar surface area (TPSA) is 41.5 Å². The number of halogens is 2.